The topological polar surface area (TPSA) is 115 Å². The van der Waals surface area contributed by atoms with E-state index in [1.807, 2.05) is 20.8 Å². The first-order valence-corrected chi connectivity index (χ1v) is 12.4. The minimum Gasteiger partial charge on any atom is -0.488 e. The Kier molecular flexibility index (Phi) is 6.95. The average Bonchev–Trinajstić information content (AvgIpc) is 3.02. The van der Waals surface area contributed by atoms with Crippen LogP contribution in [0.2, 0.25) is 5.02 Å². The molecule has 3 rings (SSSR count). The number of nitrogens with zero attached hydrogens (tertiary/aromatic N) is 2. The molecule has 0 fully saturated rings. The number of benzene rings is 1. The fraction of sp³-hybridized carbons (Fsp3) is 0.250. The highest BCUT2D eigenvalue weighted by Gasteiger charge is 2.17. The molecule has 164 valence electrons. The van der Waals surface area contributed by atoms with Crippen molar-refractivity contribution in [3.8, 4) is 17.1 Å². The van der Waals surface area contributed by atoms with Crippen LogP contribution in [0.25, 0.3) is 11.4 Å². The maximum atomic E-state index is 12.8. The van der Waals surface area contributed by atoms with Gasteiger partial charge < -0.3 is 10.1 Å². The molecule has 3 aromatic rings. The van der Waals surface area contributed by atoms with E-state index in [-0.39, 0.29) is 12.0 Å². The van der Waals surface area contributed by atoms with E-state index in [0.29, 0.717) is 32.8 Å². The van der Waals surface area contributed by atoms with Crippen molar-refractivity contribution < 1.29 is 22.7 Å². The zero-order chi connectivity index (χ0) is 22.8. The van der Waals surface area contributed by atoms with Crippen molar-refractivity contribution in [1.29, 1.82) is 0 Å². The van der Waals surface area contributed by atoms with E-state index in [1.165, 1.54) is 17.4 Å². The molecule has 2 heterocycles. The standard InChI is InChI=1S/C20H21ClN4O4S2/c1-11(2)29-16-9-22-19(23-10-16)17-8-18(30-12(17)3)20(26)24-14-5-13(21)6-15(7-14)25-31(4,27)28/h5-11,25H,1-4H3,(H,24,26)/p+1. The van der Waals surface area contributed by atoms with E-state index in [2.05, 4.69) is 15.3 Å². The summed E-state index contributed by atoms with van der Waals surface area (Å²) in [5, 5.41) is 3.07. The van der Waals surface area contributed by atoms with Crippen LogP contribution in [-0.4, -0.2) is 36.7 Å². The fourth-order valence-corrected chi connectivity index (χ4v) is 4.58. The van der Waals surface area contributed by atoms with E-state index in [1.54, 1.807) is 30.6 Å². The third-order valence-electron chi connectivity index (χ3n) is 3.91. The van der Waals surface area contributed by atoms with Gasteiger partial charge in [-0.15, -0.1) is 11.3 Å². The summed E-state index contributed by atoms with van der Waals surface area (Å²) in [5.41, 5.74) is 1.53. The molecule has 31 heavy (non-hydrogen) atoms. The summed E-state index contributed by atoms with van der Waals surface area (Å²) in [5.74, 6) is 0.732. The molecular formula is C20H22ClN4O4S2+. The van der Waals surface area contributed by atoms with E-state index >= 15 is 0 Å². The summed E-state index contributed by atoms with van der Waals surface area (Å²) in [6, 6.07) is 6.33. The number of carbonyl (C=O) groups is 1. The molecule has 2 aromatic heterocycles. The van der Waals surface area contributed by atoms with Crippen molar-refractivity contribution >= 4 is 50.2 Å². The van der Waals surface area contributed by atoms with Gasteiger partial charge in [0.1, 0.15) is 5.69 Å². The van der Waals surface area contributed by atoms with Gasteiger partial charge in [0, 0.05) is 33.3 Å². The summed E-state index contributed by atoms with van der Waals surface area (Å²) in [6.45, 7) is 5.73. The number of sulfonamides is 1. The number of primary sulfonamides is 1. The van der Waals surface area contributed by atoms with Gasteiger partial charge in [-0.1, -0.05) is 11.6 Å². The number of anilines is 1. The van der Waals surface area contributed by atoms with Crippen LogP contribution in [0, 0.1) is 6.92 Å². The molecule has 0 saturated carbocycles. The van der Waals surface area contributed by atoms with Gasteiger partial charge in [-0.3, -0.25) is 4.79 Å². The Balaban J connectivity index is 1.80. The molecule has 0 aliphatic heterocycles. The highest BCUT2D eigenvalue weighted by Crippen LogP contribution is 2.30. The van der Waals surface area contributed by atoms with Crippen LogP contribution in [0.3, 0.4) is 0 Å². The second-order valence-corrected chi connectivity index (χ2v) is 10.8. The number of halogens is 1. The SMILES string of the molecule is Cc1sc(C(=O)Nc2cc(Cl)cc([NH2+]S(C)(=O)=O)c2)cc1-c1ncc(OC(C)C)cn1. The number of carbonyl (C=O) groups excluding carboxylic acids is 1. The minimum atomic E-state index is -3.35. The lowest BCUT2D eigenvalue weighted by atomic mass is 10.2. The number of aromatic nitrogens is 2. The van der Waals surface area contributed by atoms with E-state index < -0.39 is 10.0 Å². The monoisotopic (exact) mass is 481 g/mol. The largest absolute Gasteiger partial charge is 0.488 e. The van der Waals surface area contributed by atoms with Crippen LogP contribution >= 0.6 is 22.9 Å². The molecule has 1 aromatic carbocycles. The summed E-state index contributed by atoms with van der Waals surface area (Å²) >= 11 is 7.38. The van der Waals surface area contributed by atoms with Crippen molar-refractivity contribution in [3.63, 3.8) is 0 Å². The Bertz CT molecular complexity index is 1210. The van der Waals surface area contributed by atoms with Gasteiger partial charge >= 0.3 is 0 Å². The van der Waals surface area contributed by atoms with Gasteiger partial charge in [0.25, 0.3) is 15.9 Å². The van der Waals surface area contributed by atoms with Crippen molar-refractivity contribution in [1.82, 2.24) is 9.97 Å². The Morgan fingerprint density at radius 1 is 1.19 bits per heavy atom. The van der Waals surface area contributed by atoms with Gasteiger partial charge in [0.05, 0.1) is 29.6 Å². The molecule has 0 atom stereocenters. The molecule has 3 N–H and O–H groups in total. The van der Waals surface area contributed by atoms with Crippen molar-refractivity contribution in [2.24, 2.45) is 0 Å². The second kappa shape index (κ2) is 9.31. The predicted octanol–water partition coefficient (Wildman–Crippen LogP) is 3.36. The number of nitrogens with one attached hydrogen (secondary N) is 1. The summed E-state index contributed by atoms with van der Waals surface area (Å²) in [6.07, 6.45) is 4.32. The smallest absolute Gasteiger partial charge is 0.295 e. The van der Waals surface area contributed by atoms with E-state index in [9.17, 15) is 13.2 Å². The van der Waals surface area contributed by atoms with Crippen LogP contribution in [-0.2, 0) is 10.0 Å². The molecule has 0 unspecified atom stereocenters. The van der Waals surface area contributed by atoms with Crippen molar-refractivity contribution in [3.05, 3.63) is 51.4 Å². The van der Waals surface area contributed by atoms with Crippen molar-refractivity contribution in [2.45, 2.75) is 26.9 Å². The molecular weight excluding hydrogens is 460 g/mol. The number of thiophene rings is 1. The summed E-state index contributed by atoms with van der Waals surface area (Å²) < 4.78 is 29.7. The Labute approximate surface area is 189 Å². The zero-order valence-electron chi connectivity index (χ0n) is 17.3. The maximum absolute atomic E-state index is 12.8. The molecule has 8 nitrogen and oxygen atoms in total. The Morgan fingerprint density at radius 2 is 1.87 bits per heavy atom. The number of aryl methyl sites for hydroxylation is 1. The third kappa shape index (κ3) is 6.47. The molecule has 0 saturated heterocycles. The maximum Gasteiger partial charge on any atom is 0.295 e. The van der Waals surface area contributed by atoms with Gasteiger partial charge in [-0.05, 0) is 32.9 Å². The number of hydrogen-bond acceptors (Lipinski definition) is 7. The molecule has 0 aliphatic rings. The Hall–Kier alpha value is -2.53. The molecule has 0 radical (unpaired) electrons. The molecule has 0 spiro atoms. The predicted molar refractivity (Wildman–Crippen MR) is 122 cm³/mol. The lowest BCUT2D eigenvalue weighted by molar-refractivity contribution is -0.396. The number of rotatable bonds is 7. The van der Waals surface area contributed by atoms with Crippen LogP contribution in [0.4, 0.5) is 11.4 Å². The molecule has 0 bridgehead atoms. The van der Waals surface area contributed by atoms with Gasteiger partial charge in [-0.25, -0.2) is 14.7 Å². The Morgan fingerprint density at radius 3 is 2.48 bits per heavy atom. The number of ether oxygens (including phenoxy) is 1. The fourth-order valence-electron chi connectivity index (χ4n) is 2.80. The first kappa shape index (κ1) is 23.1. The first-order valence-electron chi connectivity index (χ1n) is 9.26. The molecule has 0 aliphatic carbocycles. The first-order chi connectivity index (χ1) is 14.5. The highest BCUT2D eigenvalue weighted by atomic mass is 35.5. The van der Waals surface area contributed by atoms with Crippen LogP contribution in [0.15, 0.2) is 36.7 Å². The van der Waals surface area contributed by atoms with Crippen LogP contribution in [0.1, 0.15) is 28.4 Å². The normalized spacial score (nSPS) is 11.5. The second-order valence-electron chi connectivity index (χ2n) is 7.16. The van der Waals surface area contributed by atoms with E-state index in [4.69, 9.17) is 16.3 Å². The lowest BCUT2D eigenvalue weighted by Crippen LogP contribution is -2.81. The van der Waals surface area contributed by atoms with Gasteiger partial charge in [0.2, 0.25) is 0 Å². The zero-order valence-corrected chi connectivity index (χ0v) is 19.7. The molecule has 11 heteroatoms. The molecule has 1 amide bonds. The average molecular weight is 482 g/mol. The lowest BCUT2D eigenvalue weighted by Gasteiger charge is -2.08. The highest BCUT2D eigenvalue weighted by molar-refractivity contribution is 7.84. The number of nitrogens with two attached hydrogens (primary N) is 1. The van der Waals surface area contributed by atoms with E-state index in [0.717, 1.165) is 21.4 Å². The minimum absolute atomic E-state index is 0.0228. The summed E-state index contributed by atoms with van der Waals surface area (Å²) in [7, 11) is -3.35. The number of amides is 1. The van der Waals surface area contributed by atoms with Gasteiger partial charge in [-0.2, -0.15) is 8.42 Å². The van der Waals surface area contributed by atoms with Crippen LogP contribution < -0.4 is 14.8 Å². The number of quaternary nitrogens is 1. The van der Waals surface area contributed by atoms with Gasteiger partial charge in [0.15, 0.2) is 11.6 Å². The van der Waals surface area contributed by atoms with Crippen molar-refractivity contribution in [2.75, 3.05) is 11.6 Å². The third-order valence-corrected chi connectivity index (χ3v) is 5.88. The quantitative estimate of drug-likeness (QED) is 0.500. The number of hydrogen-bond donors (Lipinski definition) is 2. The van der Waals surface area contributed by atoms with Crippen LogP contribution in [0.5, 0.6) is 5.75 Å². The summed E-state index contributed by atoms with van der Waals surface area (Å²) in [4.78, 5) is 22.8.